The van der Waals surface area contributed by atoms with Crippen molar-refractivity contribution >= 4 is 29.2 Å². The first-order valence-corrected chi connectivity index (χ1v) is 13.0. The Bertz CT molecular complexity index is 1020. The molecule has 1 aromatic carbocycles. The lowest BCUT2D eigenvalue weighted by Gasteiger charge is -2.36. The quantitative estimate of drug-likeness (QED) is 0.522. The van der Waals surface area contributed by atoms with E-state index in [1.54, 1.807) is 11.8 Å². The first kappa shape index (κ1) is 25.8. The molecule has 2 aliphatic rings. The molecule has 0 atom stereocenters. The average molecular weight is 508 g/mol. The van der Waals surface area contributed by atoms with Gasteiger partial charge in [-0.1, -0.05) is 32.9 Å². The maximum absolute atomic E-state index is 13.4. The maximum atomic E-state index is 13.4. The van der Waals surface area contributed by atoms with Gasteiger partial charge in [-0.15, -0.1) is 11.8 Å². The molecule has 1 amide bonds. The molecule has 1 fully saturated rings. The molecule has 0 bridgehead atoms. The number of carbonyl (C=O) groups excluding carboxylic acids is 1. The highest BCUT2D eigenvalue weighted by molar-refractivity contribution is 8.00. The monoisotopic (exact) mass is 507 g/mol. The van der Waals surface area contributed by atoms with Crippen LogP contribution in [0.3, 0.4) is 0 Å². The summed E-state index contributed by atoms with van der Waals surface area (Å²) in [7, 11) is 0. The number of halogens is 3. The second-order valence-corrected chi connectivity index (χ2v) is 11.0. The van der Waals surface area contributed by atoms with Gasteiger partial charge < -0.3 is 9.80 Å². The summed E-state index contributed by atoms with van der Waals surface area (Å²) in [4.78, 5) is 28.0. The normalized spacial score (nSPS) is 17.6. The predicted molar refractivity (Wildman–Crippen MR) is 133 cm³/mol. The molecule has 0 saturated carbocycles. The number of carbonyl (C=O) groups is 1. The molecule has 35 heavy (non-hydrogen) atoms. The van der Waals surface area contributed by atoms with E-state index in [1.807, 2.05) is 48.8 Å². The van der Waals surface area contributed by atoms with Crippen LogP contribution in [0.4, 0.5) is 24.7 Å². The fourth-order valence-corrected chi connectivity index (χ4v) is 5.22. The van der Waals surface area contributed by atoms with E-state index in [2.05, 4.69) is 20.9 Å². The molecule has 2 aliphatic heterocycles. The number of alkyl halides is 3. The number of rotatable bonds is 6. The van der Waals surface area contributed by atoms with Crippen LogP contribution in [0.2, 0.25) is 0 Å². The standard InChI is InChI=1S/C25H32F3N5OS/c1-24(2,3)23-29-20(25(26,27)28)16-21(30-23)32-14-12-31(13-15-32)10-6-7-11-33-18-8-4-5-9-19(18)35-17-22(33)34/h4-5,8-9,16H,6-7,10-15,17H2,1-3H3. The van der Waals surface area contributed by atoms with E-state index in [-0.39, 0.29) is 11.7 Å². The molecule has 3 heterocycles. The number of para-hydroxylation sites is 1. The molecule has 190 valence electrons. The van der Waals surface area contributed by atoms with Crippen molar-refractivity contribution in [1.82, 2.24) is 14.9 Å². The summed E-state index contributed by atoms with van der Waals surface area (Å²) in [6.07, 6.45) is -2.64. The number of benzene rings is 1. The predicted octanol–water partition coefficient (Wildman–Crippen LogP) is 4.83. The van der Waals surface area contributed by atoms with E-state index in [0.717, 1.165) is 49.1 Å². The zero-order valence-corrected chi connectivity index (χ0v) is 21.3. The third-order valence-corrected chi connectivity index (χ3v) is 7.33. The summed E-state index contributed by atoms with van der Waals surface area (Å²) < 4.78 is 40.3. The molecule has 4 rings (SSSR count). The maximum Gasteiger partial charge on any atom is 0.433 e. The van der Waals surface area contributed by atoms with Gasteiger partial charge in [0.05, 0.1) is 11.4 Å². The minimum atomic E-state index is -4.51. The van der Waals surface area contributed by atoms with Crippen LogP contribution in [0.25, 0.3) is 0 Å². The van der Waals surface area contributed by atoms with Crippen molar-refractivity contribution in [3.05, 3.63) is 41.9 Å². The first-order chi connectivity index (χ1) is 16.5. The Hall–Kier alpha value is -2.33. The second-order valence-electron chi connectivity index (χ2n) is 10.0. The Morgan fingerprint density at radius 2 is 1.66 bits per heavy atom. The molecular weight excluding hydrogens is 475 g/mol. The zero-order valence-electron chi connectivity index (χ0n) is 20.4. The van der Waals surface area contributed by atoms with Gasteiger partial charge in [0.1, 0.15) is 17.3 Å². The third-order valence-electron chi connectivity index (χ3n) is 6.28. The summed E-state index contributed by atoms with van der Waals surface area (Å²) in [5.74, 6) is 1.18. The number of nitrogens with zero attached hydrogens (tertiary/aromatic N) is 5. The van der Waals surface area contributed by atoms with Crippen LogP contribution in [0, 0.1) is 0 Å². The average Bonchev–Trinajstić information content (AvgIpc) is 2.82. The van der Waals surface area contributed by atoms with Crippen molar-refractivity contribution in [3.8, 4) is 0 Å². The molecule has 1 saturated heterocycles. The highest BCUT2D eigenvalue weighted by atomic mass is 32.2. The Labute approximate surface area is 208 Å². The van der Waals surface area contributed by atoms with Crippen molar-refractivity contribution in [2.24, 2.45) is 0 Å². The lowest BCUT2D eigenvalue weighted by atomic mass is 9.95. The first-order valence-electron chi connectivity index (χ1n) is 12.0. The van der Waals surface area contributed by atoms with E-state index in [4.69, 9.17) is 0 Å². The zero-order chi connectivity index (χ0) is 25.2. The van der Waals surface area contributed by atoms with E-state index in [9.17, 15) is 18.0 Å². The van der Waals surface area contributed by atoms with E-state index >= 15 is 0 Å². The van der Waals surface area contributed by atoms with Gasteiger partial charge in [0.25, 0.3) is 0 Å². The van der Waals surface area contributed by atoms with Crippen molar-refractivity contribution in [3.63, 3.8) is 0 Å². The van der Waals surface area contributed by atoms with E-state index < -0.39 is 17.3 Å². The number of thioether (sulfide) groups is 1. The Morgan fingerprint density at radius 1 is 0.971 bits per heavy atom. The molecule has 0 aliphatic carbocycles. The van der Waals surface area contributed by atoms with Crippen LogP contribution in [0.1, 0.15) is 45.1 Å². The fourth-order valence-electron chi connectivity index (χ4n) is 4.28. The van der Waals surface area contributed by atoms with Crippen LogP contribution < -0.4 is 9.80 Å². The number of piperazine rings is 1. The summed E-state index contributed by atoms with van der Waals surface area (Å²) >= 11 is 1.59. The third kappa shape index (κ3) is 6.27. The summed E-state index contributed by atoms with van der Waals surface area (Å²) in [5.41, 5.74) is -0.464. The Kier molecular flexibility index (Phi) is 7.61. The molecule has 0 N–H and O–H groups in total. The summed E-state index contributed by atoms with van der Waals surface area (Å²) in [6, 6.07) is 9.08. The van der Waals surface area contributed by atoms with Crippen LogP contribution in [0.15, 0.2) is 35.2 Å². The Morgan fingerprint density at radius 3 is 2.34 bits per heavy atom. The van der Waals surface area contributed by atoms with Crippen molar-refractivity contribution in [2.75, 3.05) is 54.8 Å². The minimum absolute atomic E-state index is 0.153. The highest BCUT2D eigenvalue weighted by Gasteiger charge is 2.36. The van der Waals surface area contributed by atoms with Crippen LogP contribution in [-0.4, -0.2) is 65.8 Å². The van der Waals surface area contributed by atoms with Gasteiger partial charge in [0.15, 0.2) is 0 Å². The van der Waals surface area contributed by atoms with Gasteiger partial charge in [-0.3, -0.25) is 9.69 Å². The fraction of sp³-hybridized carbons (Fsp3) is 0.560. The van der Waals surface area contributed by atoms with Gasteiger partial charge in [0.2, 0.25) is 5.91 Å². The van der Waals surface area contributed by atoms with Gasteiger partial charge >= 0.3 is 6.18 Å². The molecule has 0 unspecified atom stereocenters. The molecule has 0 spiro atoms. The van der Waals surface area contributed by atoms with Crippen molar-refractivity contribution in [2.45, 2.75) is 50.1 Å². The summed E-state index contributed by atoms with van der Waals surface area (Å²) in [5, 5.41) is 0. The summed E-state index contributed by atoms with van der Waals surface area (Å²) in [6.45, 7) is 9.82. The smallest absolute Gasteiger partial charge is 0.354 e. The minimum Gasteiger partial charge on any atom is -0.354 e. The number of fused-ring (bicyclic) bond motifs is 1. The van der Waals surface area contributed by atoms with Gasteiger partial charge in [-0.2, -0.15) is 13.2 Å². The van der Waals surface area contributed by atoms with Gasteiger partial charge in [-0.25, -0.2) is 9.97 Å². The number of amides is 1. The number of unbranched alkanes of at least 4 members (excludes halogenated alkanes) is 1. The van der Waals surface area contributed by atoms with Crippen molar-refractivity contribution in [1.29, 1.82) is 0 Å². The molecule has 1 aromatic heterocycles. The lowest BCUT2D eigenvalue weighted by molar-refractivity contribution is -0.141. The van der Waals surface area contributed by atoms with Crippen LogP contribution in [0.5, 0.6) is 0 Å². The number of hydrogen-bond donors (Lipinski definition) is 0. The second kappa shape index (κ2) is 10.3. The topological polar surface area (TPSA) is 52.6 Å². The number of hydrogen-bond acceptors (Lipinski definition) is 6. The van der Waals surface area contributed by atoms with Crippen LogP contribution in [-0.2, 0) is 16.4 Å². The van der Waals surface area contributed by atoms with Crippen LogP contribution >= 0.6 is 11.8 Å². The molecular formula is C25H32F3N5OS. The highest BCUT2D eigenvalue weighted by Crippen LogP contribution is 2.35. The molecule has 0 radical (unpaired) electrons. The lowest BCUT2D eigenvalue weighted by Crippen LogP contribution is -2.47. The SMILES string of the molecule is CC(C)(C)c1nc(N2CCN(CCCCN3C(=O)CSc4ccccc43)CC2)cc(C(F)(F)F)n1. The molecule has 2 aromatic rings. The number of aromatic nitrogens is 2. The van der Waals surface area contributed by atoms with Gasteiger partial charge in [-0.05, 0) is 31.5 Å². The van der Waals surface area contributed by atoms with Gasteiger partial charge in [0, 0.05) is 49.1 Å². The molecule has 6 nitrogen and oxygen atoms in total. The van der Waals surface area contributed by atoms with E-state index in [1.165, 1.54) is 0 Å². The largest absolute Gasteiger partial charge is 0.433 e. The van der Waals surface area contributed by atoms with E-state index in [0.29, 0.717) is 31.2 Å². The van der Waals surface area contributed by atoms with Crippen molar-refractivity contribution < 1.29 is 18.0 Å². The number of anilines is 2. The molecule has 10 heteroatoms. The Balaban J connectivity index is 1.29.